The summed E-state index contributed by atoms with van der Waals surface area (Å²) in [4.78, 5) is 20.6. The molecule has 2 aromatic rings. The van der Waals surface area contributed by atoms with E-state index in [0.717, 1.165) is 28.7 Å². The largest absolute Gasteiger partial charge is 0.369 e. The van der Waals surface area contributed by atoms with E-state index in [2.05, 4.69) is 50.4 Å². The molecule has 0 unspecified atom stereocenters. The minimum absolute atomic E-state index is 0.270. The second kappa shape index (κ2) is 8.06. The molecule has 0 saturated carbocycles. The zero-order valence-electron chi connectivity index (χ0n) is 13.6. The fourth-order valence-electron chi connectivity index (χ4n) is 1.94. The number of rotatable bonds is 6. The molecule has 0 aliphatic carbocycles. The van der Waals surface area contributed by atoms with E-state index < -0.39 is 0 Å². The summed E-state index contributed by atoms with van der Waals surface area (Å²) in [7, 11) is 0. The predicted molar refractivity (Wildman–Crippen MR) is 96.8 cm³/mol. The number of nitrogens with zero attached hydrogens (tertiary/aromatic N) is 2. The molecule has 1 amide bonds. The second-order valence-corrected chi connectivity index (χ2v) is 6.67. The third-order valence-corrected chi connectivity index (χ3v) is 4.22. The van der Waals surface area contributed by atoms with E-state index in [-0.39, 0.29) is 5.91 Å². The van der Waals surface area contributed by atoms with E-state index in [1.807, 2.05) is 25.1 Å². The van der Waals surface area contributed by atoms with Gasteiger partial charge >= 0.3 is 0 Å². The van der Waals surface area contributed by atoms with Crippen molar-refractivity contribution in [2.24, 2.45) is 5.92 Å². The molecule has 23 heavy (non-hydrogen) atoms. The lowest BCUT2D eigenvalue weighted by molar-refractivity contribution is 0.102. The standard InChI is InChI=1S/C17H21BrN4O/c1-11(2)6-7-19-16-10-20-15(9-21-16)17(23)22-13-4-5-14(18)12(3)8-13/h4-5,8-11H,6-7H2,1-3H3,(H,19,21)(H,22,23). The van der Waals surface area contributed by atoms with Gasteiger partial charge in [-0.1, -0.05) is 29.8 Å². The summed E-state index contributed by atoms with van der Waals surface area (Å²) in [5, 5.41) is 6.02. The van der Waals surface area contributed by atoms with Crippen LogP contribution in [-0.2, 0) is 0 Å². The van der Waals surface area contributed by atoms with Gasteiger partial charge in [0.1, 0.15) is 11.5 Å². The molecule has 1 heterocycles. The first-order valence-electron chi connectivity index (χ1n) is 7.59. The molecule has 0 spiro atoms. The summed E-state index contributed by atoms with van der Waals surface area (Å²) in [6.45, 7) is 7.16. The van der Waals surface area contributed by atoms with Crippen molar-refractivity contribution in [3.63, 3.8) is 0 Å². The molecule has 6 heteroatoms. The van der Waals surface area contributed by atoms with E-state index in [4.69, 9.17) is 0 Å². The molecule has 0 saturated heterocycles. The SMILES string of the molecule is Cc1cc(NC(=O)c2cnc(NCCC(C)C)cn2)ccc1Br. The van der Waals surface area contributed by atoms with Crippen LogP contribution in [0.3, 0.4) is 0 Å². The number of nitrogens with one attached hydrogen (secondary N) is 2. The molecule has 0 aliphatic rings. The number of hydrogen-bond donors (Lipinski definition) is 2. The number of aryl methyl sites for hydroxylation is 1. The van der Waals surface area contributed by atoms with Crippen molar-refractivity contribution in [3.8, 4) is 0 Å². The average Bonchev–Trinajstić information content (AvgIpc) is 2.51. The van der Waals surface area contributed by atoms with Crippen molar-refractivity contribution >= 4 is 33.3 Å². The minimum atomic E-state index is -0.270. The van der Waals surface area contributed by atoms with Gasteiger partial charge in [0.05, 0.1) is 12.4 Å². The second-order valence-electron chi connectivity index (χ2n) is 5.81. The highest BCUT2D eigenvalue weighted by molar-refractivity contribution is 9.10. The van der Waals surface area contributed by atoms with Gasteiger partial charge in [-0.25, -0.2) is 9.97 Å². The van der Waals surface area contributed by atoms with Crippen LogP contribution in [-0.4, -0.2) is 22.4 Å². The Kier molecular flexibility index (Phi) is 6.10. The Bertz CT molecular complexity index is 671. The lowest BCUT2D eigenvalue weighted by Crippen LogP contribution is -2.15. The summed E-state index contributed by atoms with van der Waals surface area (Å²) >= 11 is 3.44. The zero-order valence-corrected chi connectivity index (χ0v) is 15.1. The van der Waals surface area contributed by atoms with Gasteiger partial charge in [0.2, 0.25) is 0 Å². The summed E-state index contributed by atoms with van der Waals surface area (Å²) in [6.07, 6.45) is 4.13. The maximum Gasteiger partial charge on any atom is 0.275 e. The van der Waals surface area contributed by atoms with Crippen molar-refractivity contribution in [2.75, 3.05) is 17.2 Å². The average molecular weight is 377 g/mol. The molecule has 2 rings (SSSR count). The molecule has 0 aliphatic heterocycles. The monoisotopic (exact) mass is 376 g/mol. The molecule has 2 N–H and O–H groups in total. The van der Waals surface area contributed by atoms with Crippen molar-refractivity contribution < 1.29 is 4.79 Å². The Balaban J connectivity index is 1.95. The topological polar surface area (TPSA) is 66.9 Å². The summed E-state index contributed by atoms with van der Waals surface area (Å²) in [5.41, 5.74) is 2.08. The Morgan fingerprint density at radius 1 is 1.26 bits per heavy atom. The molecule has 0 atom stereocenters. The number of anilines is 2. The molecule has 5 nitrogen and oxygen atoms in total. The highest BCUT2D eigenvalue weighted by atomic mass is 79.9. The zero-order chi connectivity index (χ0) is 16.8. The van der Waals surface area contributed by atoms with Crippen molar-refractivity contribution in [2.45, 2.75) is 27.2 Å². The van der Waals surface area contributed by atoms with Crippen LogP contribution < -0.4 is 10.6 Å². The van der Waals surface area contributed by atoms with Crippen LogP contribution in [0.2, 0.25) is 0 Å². The van der Waals surface area contributed by atoms with Crippen LogP contribution in [0, 0.1) is 12.8 Å². The smallest absolute Gasteiger partial charge is 0.275 e. The Labute approximate surface area is 145 Å². The van der Waals surface area contributed by atoms with Crippen LogP contribution in [0.1, 0.15) is 36.3 Å². The third-order valence-electron chi connectivity index (χ3n) is 3.33. The summed E-state index contributed by atoms with van der Waals surface area (Å²) < 4.78 is 1.01. The highest BCUT2D eigenvalue weighted by Gasteiger charge is 2.09. The van der Waals surface area contributed by atoms with Gasteiger partial charge < -0.3 is 10.6 Å². The number of hydrogen-bond acceptors (Lipinski definition) is 4. The van der Waals surface area contributed by atoms with Gasteiger partial charge in [0.25, 0.3) is 5.91 Å². The first-order valence-corrected chi connectivity index (χ1v) is 8.38. The van der Waals surface area contributed by atoms with Crippen LogP contribution in [0.5, 0.6) is 0 Å². The number of aromatic nitrogens is 2. The third kappa shape index (κ3) is 5.32. The van der Waals surface area contributed by atoms with E-state index >= 15 is 0 Å². The van der Waals surface area contributed by atoms with Gasteiger partial charge in [-0.15, -0.1) is 0 Å². The van der Waals surface area contributed by atoms with E-state index in [0.29, 0.717) is 17.4 Å². The minimum Gasteiger partial charge on any atom is -0.369 e. The van der Waals surface area contributed by atoms with Gasteiger partial charge in [0.15, 0.2) is 0 Å². The highest BCUT2D eigenvalue weighted by Crippen LogP contribution is 2.20. The van der Waals surface area contributed by atoms with Crippen molar-refractivity contribution in [1.82, 2.24) is 9.97 Å². The van der Waals surface area contributed by atoms with Crippen molar-refractivity contribution in [1.29, 1.82) is 0 Å². The van der Waals surface area contributed by atoms with Gasteiger partial charge in [-0.2, -0.15) is 0 Å². The predicted octanol–water partition coefficient (Wildman–Crippen LogP) is 4.26. The Morgan fingerprint density at radius 2 is 2.04 bits per heavy atom. The maximum absolute atomic E-state index is 12.2. The van der Waals surface area contributed by atoms with E-state index in [1.54, 1.807) is 6.20 Å². The fourth-order valence-corrected chi connectivity index (χ4v) is 2.19. The molecule has 1 aromatic heterocycles. The molecular formula is C17H21BrN4O. The number of benzene rings is 1. The maximum atomic E-state index is 12.2. The summed E-state index contributed by atoms with van der Waals surface area (Å²) in [6, 6.07) is 5.64. The molecule has 1 aromatic carbocycles. The number of amides is 1. The van der Waals surface area contributed by atoms with Crippen LogP contribution in [0.4, 0.5) is 11.5 Å². The molecular weight excluding hydrogens is 356 g/mol. The molecule has 0 radical (unpaired) electrons. The lowest BCUT2D eigenvalue weighted by atomic mass is 10.1. The molecule has 122 valence electrons. The quantitative estimate of drug-likeness (QED) is 0.790. The van der Waals surface area contributed by atoms with Crippen molar-refractivity contribution in [3.05, 3.63) is 46.3 Å². The van der Waals surface area contributed by atoms with E-state index in [9.17, 15) is 4.79 Å². The summed E-state index contributed by atoms with van der Waals surface area (Å²) in [5.74, 6) is 1.05. The normalized spacial score (nSPS) is 10.7. The lowest BCUT2D eigenvalue weighted by Gasteiger charge is -2.08. The van der Waals surface area contributed by atoms with Crippen LogP contribution >= 0.6 is 15.9 Å². The first-order chi connectivity index (χ1) is 11.0. The molecule has 0 fully saturated rings. The van der Waals surface area contributed by atoms with Gasteiger partial charge in [-0.3, -0.25) is 4.79 Å². The number of carbonyl (C=O) groups excluding carboxylic acids is 1. The van der Waals surface area contributed by atoms with E-state index in [1.165, 1.54) is 6.20 Å². The first kappa shape index (κ1) is 17.4. The Hall–Kier alpha value is -1.95. The van der Waals surface area contributed by atoms with Gasteiger partial charge in [0, 0.05) is 16.7 Å². The van der Waals surface area contributed by atoms with Crippen LogP contribution in [0.25, 0.3) is 0 Å². The molecule has 0 bridgehead atoms. The van der Waals surface area contributed by atoms with Crippen LogP contribution in [0.15, 0.2) is 35.1 Å². The van der Waals surface area contributed by atoms with Gasteiger partial charge in [-0.05, 0) is 43.0 Å². The number of halogens is 1. The Morgan fingerprint density at radius 3 is 2.65 bits per heavy atom. The fraction of sp³-hybridized carbons (Fsp3) is 0.353. The number of carbonyl (C=O) groups is 1.